The van der Waals surface area contributed by atoms with Crippen LogP contribution in [0.1, 0.15) is 6.92 Å². The minimum atomic E-state index is 0.607. The normalized spacial score (nSPS) is 10.8. The zero-order valence-corrected chi connectivity index (χ0v) is 12.9. The molecule has 0 saturated carbocycles. The Labute approximate surface area is 132 Å². The Hall–Kier alpha value is -1.84. The van der Waals surface area contributed by atoms with E-state index >= 15 is 0 Å². The van der Waals surface area contributed by atoms with Crippen molar-refractivity contribution in [2.45, 2.75) is 6.92 Å². The Balaban J connectivity index is 2.29. The summed E-state index contributed by atoms with van der Waals surface area (Å²) in [7, 11) is 0. The minimum absolute atomic E-state index is 0.607. The number of rotatable bonds is 3. The van der Waals surface area contributed by atoms with Crippen LogP contribution in [0.4, 0.5) is 5.82 Å². The van der Waals surface area contributed by atoms with Crippen LogP contribution in [0.2, 0.25) is 10.0 Å². The highest BCUT2D eigenvalue weighted by atomic mass is 35.5. The van der Waals surface area contributed by atoms with Crippen molar-refractivity contribution in [1.82, 2.24) is 10.2 Å². The highest BCUT2D eigenvalue weighted by Crippen LogP contribution is 2.35. The molecule has 0 aliphatic heterocycles. The fourth-order valence-corrected chi connectivity index (χ4v) is 2.66. The average molecular weight is 318 g/mol. The molecule has 3 rings (SSSR count). The highest BCUT2D eigenvalue weighted by Gasteiger charge is 2.13. The van der Waals surface area contributed by atoms with Gasteiger partial charge in [-0.2, -0.15) is 0 Å². The van der Waals surface area contributed by atoms with Gasteiger partial charge in [0.25, 0.3) is 0 Å². The molecular weight excluding hydrogens is 305 g/mol. The number of nitrogens with one attached hydrogen (secondary N) is 1. The maximum atomic E-state index is 6.29. The summed E-state index contributed by atoms with van der Waals surface area (Å²) in [6.45, 7) is 2.81. The van der Waals surface area contributed by atoms with Gasteiger partial charge < -0.3 is 5.32 Å². The van der Waals surface area contributed by atoms with Gasteiger partial charge in [0.15, 0.2) is 5.82 Å². The van der Waals surface area contributed by atoms with Crippen molar-refractivity contribution in [1.29, 1.82) is 0 Å². The van der Waals surface area contributed by atoms with Crippen LogP contribution in [0, 0.1) is 0 Å². The Morgan fingerprint density at radius 1 is 1.00 bits per heavy atom. The molecule has 3 aromatic rings. The molecular formula is C16H13Cl2N3. The van der Waals surface area contributed by atoms with Gasteiger partial charge in [0.1, 0.15) is 5.69 Å². The van der Waals surface area contributed by atoms with Gasteiger partial charge in [0, 0.05) is 27.9 Å². The van der Waals surface area contributed by atoms with Crippen LogP contribution >= 0.6 is 23.2 Å². The number of anilines is 1. The quantitative estimate of drug-likeness (QED) is 0.735. The molecule has 2 aromatic carbocycles. The van der Waals surface area contributed by atoms with Gasteiger partial charge in [0.2, 0.25) is 0 Å². The third-order valence-electron chi connectivity index (χ3n) is 3.22. The van der Waals surface area contributed by atoms with E-state index in [1.807, 2.05) is 37.3 Å². The maximum Gasteiger partial charge on any atom is 0.156 e. The molecule has 21 heavy (non-hydrogen) atoms. The van der Waals surface area contributed by atoms with Gasteiger partial charge in [-0.25, -0.2) is 0 Å². The lowest BCUT2D eigenvalue weighted by Crippen LogP contribution is -2.02. The van der Waals surface area contributed by atoms with Crippen molar-refractivity contribution in [2.75, 3.05) is 11.9 Å². The summed E-state index contributed by atoms with van der Waals surface area (Å²) in [6.07, 6.45) is 0. The molecule has 0 amide bonds. The van der Waals surface area contributed by atoms with Gasteiger partial charge in [-0.05, 0) is 25.1 Å². The predicted octanol–water partition coefficient (Wildman–Crippen LogP) is 5.04. The number of benzene rings is 2. The van der Waals surface area contributed by atoms with Crippen LogP contribution < -0.4 is 5.32 Å². The van der Waals surface area contributed by atoms with E-state index in [9.17, 15) is 0 Å². The highest BCUT2D eigenvalue weighted by molar-refractivity contribution is 6.35. The molecule has 0 saturated heterocycles. The van der Waals surface area contributed by atoms with E-state index in [1.165, 1.54) is 0 Å². The fraction of sp³-hybridized carbons (Fsp3) is 0.125. The molecule has 0 spiro atoms. The van der Waals surface area contributed by atoms with Gasteiger partial charge in [0.05, 0.1) is 5.02 Å². The number of aromatic nitrogens is 2. The van der Waals surface area contributed by atoms with Crippen molar-refractivity contribution in [3.8, 4) is 11.3 Å². The SMILES string of the molecule is CCNc1nnc(-c2cc(Cl)ccc2Cl)c2ccccc12. The molecule has 5 heteroatoms. The minimum Gasteiger partial charge on any atom is -0.368 e. The Morgan fingerprint density at radius 2 is 1.76 bits per heavy atom. The lowest BCUT2D eigenvalue weighted by atomic mass is 10.0. The summed E-state index contributed by atoms with van der Waals surface area (Å²) in [4.78, 5) is 0. The molecule has 0 aliphatic carbocycles. The zero-order chi connectivity index (χ0) is 14.8. The molecule has 1 heterocycles. The number of hydrogen-bond acceptors (Lipinski definition) is 3. The van der Waals surface area contributed by atoms with Crippen LogP contribution in [-0.2, 0) is 0 Å². The molecule has 0 bridgehead atoms. The Bertz CT molecular complexity index is 803. The van der Waals surface area contributed by atoms with Crippen molar-refractivity contribution in [2.24, 2.45) is 0 Å². The molecule has 0 radical (unpaired) electrons. The summed E-state index contributed by atoms with van der Waals surface area (Å²) in [5, 5.41) is 15.1. The van der Waals surface area contributed by atoms with E-state index in [-0.39, 0.29) is 0 Å². The van der Waals surface area contributed by atoms with E-state index in [0.717, 1.165) is 34.4 Å². The first kappa shape index (κ1) is 14.1. The lowest BCUT2D eigenvalue weighted by molar-refractivity contribution is 1.03. The molecule has 3 nitrogen and oxygen atoms in total. The van der Waals surface area contributed by atoms with E-state index in [1.54, 1.807) is 12.1 Å². The second kappa shape index (κ2) is 5.88. The van der Waals surface area contributed by atoms with E-state index in [4.69, 9.17) is 23.2 Å². The van der Waals surface area contributed by atoms with Crippen LogP contribution in [-0.4, -0.2) is 16.7 Å². The molecule has 0 fully saturated rings. The van der Waals surface area contributed by atoms with Gasteiger partial charge in [-0.15, -0.1) is 10.2 Å². The predicted molar refractivity (Wildman–Crippen MR) is 89.2 cm³/mol. The van der Waals surface area contributed by atoms with E-state index in [0.29, 0.717) is 10.0 Å². The fourth-order valence-electron chi connectivity index (χ4n) is 2.28. The largest absolute Gasteiger partial charge is 0.368 e. The van der Waals surface area contributed by atoms with Gasteiger partial charge >= 0.3 is 0 Å². The summed E-state index contributed by atoms with van der Waals surface area (Å²) in [5.74, 6) is 0.773. The van der Waals surface area contributed by atoms with Crippen molar-refractivity contribution >= 4 is 39.8 Å². The molecule has 1 N–H and O–H groups in total. The van der Waals surface area contributed by atoms with Crippen LogP contribution in [0.25, 0.3) is 22.0 Å². The standard InChI is InChI=1S/C16H13Cl2N3/c1-2-19-16-12-6-4-3-5-11(12)15(20-21-16)13-9-10(17)7-8-14(13)18/h3-9H,2H2,1H3,(H,19,21). The first-order valence-electron chi connectivity index (χ1n) is 6.65. The second-order valence-electron chi connectivity index (χ2n) is 4.60. The average Bonchev–Trinajstić information content (AvgIpc) is 2.51. The van der Waals surface area contributed by atoms with E-state index in [2.05, 4.69) is 15.5 Å². The van der Waals surface area contributed by atoms with Crippen LogP contribution in [0.3, 0.4) is 0 Å². The summed E-state index contributed by atoms with van der Waals surface area (Å²) >= 11 is 12.4. The first-order chi connectivity index (χ1) is 10.2. The summed E-state index contributed by atoms with van der Waals surface area (Å²) in [5.41, 5.74) is 1.52. The van der Waals surface area contributed by atoms with Crippen molar-refractivity contribution < 1.29 is 0 Å². The maximum absolute atomic E-state index is 6.29. The van der Waals surface area contributed by atoms with Crippen LogP contribution in [0.5, 0.6) is 0 Å². The number of fused-ring (bicyclic) bond motifs is 1. The second-order valence-corrected chi connectivity index (χ2v) is 5.44. The monoisotopic (exact) mass is 317 g/mol. The van der Waals surface area contributed by atoms with Crippen molar-refractivity contribution in [3.05, 3.63) is 52.5 Å². The van der Waals surface area contributed by atoms with Gasteiger partial charge in [-0.3, -0.25) is 0 Å². The Kier molecular flexibility index (Phi) is 3.95. The number of halogens is 2. The smallest absolute Gasteiger partial charge is 0.156 e. The van der Waals surface area contributed by atoms with Gasteiger partial charge in [-0.1, -0.05) is 47.5 Å². The summed E-state index contributed by atoms with van der Waals surface area (Å²) < 4.78 is 0. The molecule has 0 aliphatic rings. The molecule has 0 atom stereocenters. The summed E-state index contributed by atoms with van der Waals surface area (Å²) in [6, 6.07) is 13.3. The molecule has 1 aromatic heterocycles. The van der Waals surface area contributed by atoms with Crippen LogP contribution in [0.15, 0.2) is 42.5 Å². The third-order valence-corrected chi connectivity index (χ3v) is 3.78. The number of nitrogens with zero attached hydrogens (tertiary/aromatic N) is 2. The number of hydrogen-bond donors (Lipinski definition) is 1. The molecule has 106 valence electrons. The van der Waals surface area contributed by atoms with E-state index < -0.39 is 0 Å². The van der Waals surface area contributed by atoms with Crippen molar-refractivity contribution in [3.63, 3.8) is 0 Å². The first-order valence-corrected chi connectivity index (χ1v) is 7.41. The zero-order valence-electron chi connectivity index (χ0n) is 11.4. The molecule has 0 unspecified atom stereocenters. The topological polar surface area (TPSA) is 37.8 Å². The third kappa shape index (κ3) is 2.67. The lowest BCUT2D eigenvalue weighted by Gasteiger charge is -2.11. The Morgan fingerprint density at radius 3 is 2.52 bits per heavy atom.